The fourth-order valence-electron chi connectivity index (χ4n) is 3.68. The SMILES string of the molecule is CCCC1CCC(CNCC(C)C)C(c2sccc2Br)C1. The molecular formula is C18H30BrNS. The molecule has 1 saturated carbocycles. The highest BCUT2D eigenvalue weighted by Gasteiger charge is 2.32. The highest BCUT2D eigenvalue weighted by atomic mass is 79.9. The van der Waals surface area contributed by atoms with Crippen molar-refractivity contribution in [1.82, 2.24) is 5.32 Å². The summed E-state index contributed by atoms with van der Waals surface area (Å²) >= 11 is 5.71. The van der Waals surface area contributed by atoms with Crippen molar-refractivity contribution in [2.45, 2.75) is 58.8 Å². The van der Waals surface area contributed by atoms with Crippen molar-refractivity contribution in [2.24, 2.45) is 17.8 Å². The van der Waals surface area contributed by atoms with E-state index in [0.29, 0.717) is 0 Å². The van der Waals surface area contributed by atoms with Crippen LogP contribution in [0, 0.1) is 17.8 Å². The average molecular weight is 372 g/mol. The molecule has 21 heavy (non-hydrogen) atoms. The van der Waals surface area contributed by atoms with Crippen molar-refractivity contribution >= 4 is 27.3 Å². The molecule has 0 radical (unpaired) electrons. The first-order valence-electron chi connectivity index (χ1n) is 8.55. The van der Waals surface area contributed by atoms with Crippen LogP contribution >= 0.6 is 27.3 Å². The average Bonchev–Trinajstić information content (AvgIpc) is 2.86. The maximum Gasteiger partial charge on any atom is 0.0317 e. The Morgan fingerprint density at radius 3 is 2.81 bits per heavy atom. The first kappa shape index (κ1) is 17.5. The van der Waals surface area contributed by atoms with E-state index in [1.807, 2.05) is 11.3 Å². The summed E-state index contributed by atoms with van der Waals surface area (Å²) in [5.41, 5.74) is 0. The van der Waals surface area contributed by atoms with Gasteiger partial charge in [-0.05, 0) is 77.0 Å². The number of hydrogen-bond donors (Lipinski definition) is 1. The highest BCUT2D eigenvalue weighted by molar-refractivity contribution is 9.10. The van der Waals surface area contributed by atoms with Gasteiger partial charge in [-0.15, -0.1) is 11.3 Å². The van der Waals surface area contributed by atoms with Gasteiger partial charge in [0.05, 0.1) is 0 Å². The Morgan fingerprint density at radius 1 is 1.38 bits per heavy atom. The molecule has 0 aliphatic heterocycles. The van der Waals surface area contributed by atoms with Gasteiger partial charge in [-0.3, -0.25) is 0 Å². The second-order valence-corrected chi connectivity index (χ2v) is 8.82. The first-order valence-corrected chi connectivity index (χ1v) is 10.2. The smallest absolute Gasteiger partial charge is 0.0317 e. The monoisotopic (exact) mass is 371 g/mol. The molecule has 3 unspecified atom stereocenters. The molecule has 0 saturated heterocycles. The zero-order chi connectivity index (χ0) is 15.2. The predicted octanol–water partition coefficient (Wildman–Crippen LogP) is 6.06. The summed E-state index contributed by atoms with van der Waals surface area (Å²) in [7, 11) is 0. The summed E-state index contributed by atoms with van der Waals surface area (Å²) in [6.07, 6.45) is 6.96. The van der Waals surface area contributed by atoms with Gasteiger partial charge in [0.25, 0.3) is 0 Å². The molecule has 3 heteroatoms. The third-order valence-electron chi connectivity index (χ3n) is 4.74. The second kappa shape index (κ2) is 8.69. The van der Waals surface area contributed by atoms with E-state index in [1.54, 1.807) is 4.88 Å². The topological polar surface area (TPSA) is 12.0 Å². The number of nitrogens with one attached hydrogen (secondary N) is 1. The van der Waals surface area contributed by atoms with Crippen molar-refractivity contribution in [3.63, 3.8) is 0 Å². The van der Waals surface area contributed by atoms with Crippen LogP contribution in [0.15, 0.2) is 15.9 Å². The molecule has 120 valence electrons. The molecule has 2 rings (SSSR count). The molecular weight excluding hydrogens is 342 g/mol. The Labute approximate surface area is 143 Å². The van der Waals surface area contributed by atoms with Crippen LogP contribution in [0.1, 0.15) is 63.7 Å². The molecule has 1 aliphatic carbocycles. The minimum absolute atomic E-state index is 0.744. The van der Waals surface area contributed by atoms with Crippen LogP contribution in [-0.2, 0) is 0 Å². The van der Waals surface area contributed by atoms with Crippen LogP contribution in [0.4, 0.5) is 0 Å². The van der Waals surface area contributed by atoms with Crippen LogP contribution in [0.3, 0.4) is 0 Å². The van der Waals surface area contributed by atoms with Crippen LogP contribution in [0.2, 0.25) is 0 Å². The van der Waals surface area contributed by atoms with E-state index in [1.165, 1.54) is 43.1 Å². The van der Waals surface area contributed by atoms with Crippen LogP contribution in [-0.4, -0.2) is 13.1 Å². The lowest BCUT2D eigenvalue weighted by Crippen LogP contribution is -2.33. The second-order valence-electron chi connectivity index (χ2n) is 7.02. The first-order chi connectivity index (χ1) is 10.1. The Kier molecular flexibility index (Phi) is 7.24. The highest BCUT2D eigenvalue weighted by Crippen LogP contribution is 2.45. The van der Waals surface area contributed by atoms with Gasteiger partial charge < -0.3 is 5.32 Å². The fraction of sp³-hybridized carbons (Fsp3) is 0.778. The standard InChI is InChI=1S/C18H30BrNS/c1-4-5-14-6-7-15(12-20-11-13(2)3)16(10-14)18-17(19)8-9-21-18/h8-9,13-16,20H,4-7,10-12H2,1-3H3. The number of rotatable bonds is 7. The molecule has 1 aromatic heterocycles. The van der Waals surface area contributed by atoms with E-state index < -0.39 is 0 Å². The van der Waals surface area contributed by atoms with Crippen LogP contribution in [0.25, 0.3) is 0 Å². The van der Waals surface area contributed by atoms with Gasteiger partial charge in [0.2, 0.25) is 0 Å². The van der Waals surface area contributed by atoms with Gasteiger partial charge in [0, 0.05) is 9.35 Å². The van der Waals surface area contributed by atoms with Crippen molar-refractivity contribution in [3.8, 4) is 0 Å². The van der Waals surface area contributed by atoms with Gasteiger partial charge in [-0.1, -0.05) is 40.0 Å². The van der Waals surface area contributed by atoms with E-state index in [9.17, 15) is 0 Å². The summed E-state index contributed by atoms with van der Waals surface area (Å²) < 4.78 is 1.34. The van der Waals surface area contributed by atoms with Gasteiger partial charge in [-0.2, -0.15) is 0 Å². The molecule has 0 aromatic carbocycles. The molecule has 1 aromatic rings. The molecule has 3 atom stereocenters. The number of hydrogen-bond acceptors (Lipinski definition) is 2. The van der Waals surface area contributed by atoms with Crippen LogP contribution in [0.5, 0.6) is 0 Å². The number of thiophene rings is 1. The lowest BCUT2D eigenvalue weighted by molar-refractivity contribution is 0.221. The fourth-order valence-corrected chi connectivity index (χ4v) is 5.56. The third kappa shape index (κ3) is 5.07. The maximum absolute atomic E-state index is 3.77. The molecule has 0 amide bonds. The predicted molar refractivity (Wildman–Crippen MR) is 98.2 cm³/mol. The van der Waals surface area contributed by atoms with Gasteiger partial charge in [0.1, 0.15) is 0 Å². The quantitative estimate of drug-likeness (QED) is 0.614. The third-order valence-corrected chi connectivity index (χ3v) is 6.74. The van der Waals surface area contributed by atoms with Gasteiger partial charge in [0.15, 0.2) is 0 Å². The molecule has 0 bridgehead atoms. The van der Waals surface area contributed by atoms with Gasteiger partial charge >= 0.3 is 0 Å². The summed E-state index contributed by atoms with van der Waals surface area (Å²) in [5.74, 6) is 3.25. The molecule has 1 heterocycles. The zero-order valence-corrected chi connectivity index (χ0v) is 16.1. The van der Waals surface area contributed by atoms with E-state index >= 15 is 0 Å². The Balaban J connectivity index is 2.02. The van der Waals surface area contributed by atoms with Gasteiger partial charge in [-0.25, -0.2) is 0 Å². The molecule has 1 fully saturated rings. The molecule has 1 N–H and O–H groups in total. The normalized spacial score (nSPS) is 26.4. The zero-order valence-electron chi connectivity index (χ0n) is 13.7. The minimum Gasteiger partial charge on any atom is -0.316 e. The van der Waals surface area contributed by atoms with Crippen molar-refractivity contribution in [3.05, 3.63) is 20.8 Å². The van der Waals surface area contributed by atoms with E-state index in [-0.39, 0.29) is 0 Å². The Bertz CT molecular complexity index is 415. The largest absolute Gasteiger partial charge is 0.316 e. The summed E-state index contributed by atoms with van der Waals surface area (Å²) in [6, 6.07) is 2.22. The van der Waals surface area contributed by atoms with Crippen LogP contribution < -0.4 is 5.32 Å². The van der Waals surface area contributed by atoms with Crippen molar-refractivity contribution in [2.75, 3.05) is 13.1 Å². The lowest BCUT2D eigenvalue weighted by Gasteiger charge is -2.36. The van der Waals surface area contributed by atoms with Crippen molar-refractivity contribution in [1.29, 1.82) is 0 Å². The van der Waals surface area contributed by atoms with E-state index in [0.717, 1.165) is 30.2 Å². The van der Waals surface area contributed by atoms with Crippen molar-refractivity contribution < 1.29 is 0 Å². The molecule has 1 aliphatic rings. The molecule has 0 spiro atoms. The van der Waals surface area contributed by atoms with E-state index in [2.05, 4.69) is 53.5 Å². The molecule has 1 nitrogen and oxygen atoms in total. The minimum atomic E-state index is 0.744. The maximum atomic E-state index is 3.77. The van der Waals surface area contributed by atoms with E-state index in [4.69, 9.17) is 0 Å². The summed E-state index contributed by atoms with van der Waals surface area (Å²) in [4.78, 5) is 1.59. The number of halogens is 1. The Hall–Kier alpha value is 0.140. The summed E-state index contributed by atoms with van der Waals surface area (Å²) in [5, 5.41) is 5.94. The lowest BCUT2D eigenvalue weighted by atomic mass is 9.72. The summed E-state index contributed by atoms with van der Waals surface area (Å²) in [6.45, 7) is 9.24. The Morgan fingerprint density at radius 2 is 2.19 bits per heavy atom.